The number of para-hydroxylation sites is 1. The van der Waals surface area contributed by atoms with Crippen LogP contribution in [-0.4, -0.2) is 32.8 Å². The number of rotatable bonds is 10. The molecule has 2 rings (SSSR count). The number of halogens is 3. The topological polar surface area (TPSA) is 65.7 Å². The molecule has 1 heterocycles. The Morgan fingerprint density at radius 3 is 2.34 bits per heavy atom. The van der Waals surface area contributed by atoms with E-state index in [0.29, 0.717) is 36.2 Å². The zero-order valence-electron chi connectivity index (χ0n) is 16.7. The molecule has 0 aliphatic rings. The van der Waals surface area contributed by atoms with E-state index in [-0.39, 0.29) is 25.9 Å². The molecule has 0 bridgehead atoms. The summed E-state index contributed by atoms with van der Waals surface area (Å²) in [5, 5.41) is 0.620. The van der Waals surface area contributed by atoms with E-state index in [1.807, 2.05) is 6.92 Å². The van der Waals surface area contributed by atoms with Gasteiger partial charge in [-0.3, -0.25) is 0 Å². The maximum absolute atomic E-state index is 13.0. The lowest BCUT2D eigenvalue weighted by molar-refractivity contribution is -0.179. The van der Waals surface area contributed by atoms with E-state index < -0.39 is 17.7 Å². The van der Waals surface area contributed by atoms with Gasteiger partial charge in [0, 0.05) is 20.1 Å². The lowest BCUT2D eigenvalue weighted by Gasteiger charge is -2.20. The monoisotopic (exact) mass is 416 g/mol. The highest BCUT2D eigenvalue weighted by molar-refractivity contribution is 5.82. The molecule has 0 radical (unpaired) electrons. The van der Waals surface area contributed by atoms with Crippen molar-refractivity contribution in [1.82, 2.24) is 0 Å². The van der Waals surface area contributed by atoms with Crippen LogP contribution in [0.4, 0.5) is 13.2 Å². The second-order valence-electron chi connectivity index (χ2n) is 6.37. The normalized spacial score (nSPS) is 12.2. The zero-order valence-corrected chi connectivity index (χ0v) is 16.7. The van der Waals surface area contributed by atoms with Gasteiger partial charge in [0.1, 0.15) is 17.6 Å². The van der Waals surface area contributed by atoms with Gasteiger partial charge >= 0.3 is 11.8 Å². The summed E-state index contributed by atoms with van der Waals surface area (Å²) in [6.45, 7) is 2.23. The summed E-state index contributed by atoms with van der Waals surface area (Å²) in [4.78, 5) is 20.7. The molecule has 162 valence electrons. The Morgan fingerprint density at radius 2 is 1.76 bits per heavy atom. The van der Waals surface area contributed by atoms with Gasteiger partial charge in [0.05, 0.1) is 24.0 Å². The molecule has 0 saturated carbocycles. The average Bonchev–Trinajstić information content (AvgIpc) is 2.68. The minimum Gasteiger partial charge on any atom is -0.493 e. The molecule has 1 atom stereocenters. The molecule has 0 fully saturated rings. The lowest BCUT2D eigenvalue weighted by Crippen LogP contribution is -2.24. The molecule has 0 spiro atoms. The van der Waals surface area contributed by atoms with Gasteiger partial charge in [-0.2, -0.15) is 13.2 Å². The van der Waals surface area contributed by atoms with Gasteiger partial charge in [-0.05, 0) is 37.8 Å². The number of hydrogen-bond acceptors (Lipinski definition) is 5. The fraction of sp³-hybridized carbons (Fsp3) is 0.524. The maximum atomic E-state index is 13.0. The van der Waals surface area contributed by atoms with Gasteiger partial charge in [0.15, 0.2) is 0 Å². The zero-order chi connectivity index (χ0) is 21.7. The minimum atomic E-state index is -4.23. The number of alkyl halides is 3. The largest absolute Gasteiger partial charge is 0.493 e. The molecule has 1 aromatic carbocycles. The van der Waals surface area contributed by atoms with E-state index in [1.165, 1.54) is 13.2 Å². The van der Waals surface area contributed by atoms with Crippen LogP contribution >= 0.6 is 0 Å². The van der Waals surface area contributed by atoms with Gasteiger partial charge < -0.3 is 18.7 Å². The molecule has 1 aromatic heterocycles. The summed E-state index contributed by atoms with van der Waals surface area (Å²) in [5.74, 6) is -1.04. The summed E-state index contributed by atoms with van der Waals surface area (Å²) in [6.07, 6.45) is -2.09. The van der Waals surface area contributed by atoms with Gasteiger partial charge in [-0.15, -0.1) is 0 Å². The van der Waals surface area contributed by atoms with Crippen LogP contribution in [0.2, 0.25) is 0 Å². The molecule has 0 saturated heterocycles. The van der Waals surface area contributed by atoms with Crippen molar-refractivity contribution in [3.63, 3.8) is 0 Å². The van der Waals surface area contributed by atoms with E-state index in [4.69, 9.17) is 13.9 Å². The van der Waals surface area contributed by atoms with Gasteiger partial charge in [0.25, 0.3) is 0 Å². The first-order valence-electron chi connectivity index (χ1n) is 9.48. The minimum absolute atomic E-state index is 0.0212. The average molecular weight is 416 g/mol. The number of methoxy groups -OCH3 is 1. The van der Waals surface area contributed by atoms with Crippen molar-refractivity contribution in [2.45, 2.75) is 45.2 Å². The van der Waals surface area contributed by atoms with Crippen molar-refractivity contribution in [1.29, 1.82) is 0 Å². The van der Waals surface area contributed by atoms with Crippen LogP contribution in [0.1, 0.15) is 39.0 Å². The van der Waals surface area contributed by atoms with Crippen LogP contribution in [0, 0.1) is 5.92 Å². The Labute approximate surface area is 167 Å². The van der Waals surface area contributed by atoms with Gasteiger partial charge in [0.2, 0.25) is 0 Å². The SMILES string of the molecule is CCC=O.COCCCC(CCCOc1cc(=O)oc2ccccc12)C(F)(F)F. The number of benzene rings is 1. The van der Waals surface area contributed by atoms with Gasteiger partial charge in [-0.1, -0.05) is 19.1 Å². The Hall–Kier alpha value is -2.35. The Balaban J connectivity index is 0.000000960. The molecule has 0 N–H and O–H groups in total. The molecule has 1 unspecified atom stereocenters. The van der Waals surface area contributed by atoms with Crippen LogP contribution in [0.15, 0.2) is 39.5 Å². The number of ether oxygens (including phenoxy) is 2. The van der Waals surface area contributed by atoms with E-state index in [1.54, 1.807) is 24.3 Å². The standard InChI is InChI=1S/C18H21F3O4.C3H6O/c1-23-10-4-6-13(18(19,20)21)7-5-11-24-16-12-17(22)25-15-9-3-2-8-14(15)16;1-2-3-4/h2-3,8-9,12-13H,4-7,10-11H2,1H3;3H,2H2,1H3. The van der Waals surface area contributed by atoms with Crippen LogP contribution in [0.3, 0.4) is 0 Å². The summed E-state index contributed by atoms with van der Waals surface area (Å²) in [5.41, 5.74) is -0.167. The first-order chi connectivity index (χ1) is 13.8. The highest BCUT2D eigenvalue weighted by Gasteiger charge is 2.38. The summed E-state index contributed by atoms with van der Waals surface area (Å²) in [6, 6.07) is 8.08. The molecular formula is C21H27F3O5. The second-order valence-corrected chi connectivity index (χ2v) is 6.37. The van der Waals surface area contributed by atoms with Crippen molar-refractivity contribution in [2.75, 3.05) is 20.3 Å². The Bertz CT molecular complexity index is 786. The van der Waals surface area contributed by atoms with Crippen molar-refractivity contribution in [2.24, 2.45) is 5.92 Å². The smallest absolute Gasteiger partial charge is 0.391 e. The molecular weight excluding hydrogens is 389 g/mol. The number of aldehydes is 1. The van der Waals surface area contributed by atoms with E-state index in [9.17, 15) is 22.8 Å². The van der Waals surface area contributed by atoms with E-state index >= 15 is 0 Å². The summed E-state index contributed by atoms with van der Waals surface area (Å²) >= 11 is 0. The number of carbonyl (C=O) groups is 1. The molecule has 29 heavy (non-hydrogen) atoms. The quantitative estimate of drug-likeness (QED) is 0.304. The highest BCUT2D eigenvalue weighted by Crippen LogP contribution is 2.33. The second kappa shape index (κ2) is 13.0. The highest BCUT2D eigenvalue weighted by atomic mass is 19.4. The third kappa shape index (κ3) is 9.13. The third-order valence-electron chi connectivity index (χ3n) is 4.10. The fourth-order valence-corrected chi connectivity index (χ4v) is 2.66. The predicted octanol–water partition coefficient (Wildman–Crippen LogP) is 5.15. The maximum Gasteiger partial charge on any atom is 0.391 e. The van der Waals surface area contributed by atoms with Crippen LogP contribution in [-0.2, 0) is 9.53 Å². The van der Waals surface area contributed by atoms with Crippen LogP contribution < -0.4 is 10.4 Å². The first kappa shape index (κ1) is 24.7. The lowest BCUT2D eigenvalue weighted by atomic mass is 9.97. The number of hydrogen-bond donors (Lipinski definition) is 0. The molecule has 5 nitrogen and oxygen atoms in total. The van der Waals surface area contributed by atoms with E-state index in [2.05, 4.69) is 0 Å². The fourth-order valence-electron chi connectivity index (χ4n) is 2.66. The molecule has 0 amide bonds. The Morgan fingerprint density at radius 1 is 1.14 bits per heavy atom. The first-order valence-corrected chi connectivity index (χ1v) is 9.48. The van der Waals surface area contributed by atoms with Crippen LogP contribution in [0.5, 0.6) is 5.75 Å². The van der Waals surface area contributed by atoms with Crippen molar-refractivity contribution >= 4 is 17.3 Å². The van der Waals surface area contributed by atoms with Crippen molar-refractivity contribution in [3.05, 3.63) is 40.8 Å². The molecule has 0 aliphatic heterocycles. The molecule has 0 aliphatic carbocycles. The summed E-state index contributed by atoms with van der Waals surface area (Å²) < 4.78 is 54.5. The van der Waals surface area contributed by atoms with Crippen molar-refractivity contribution in [3.8, 4) is 5.75 Å². The van der Waals surface area contributed by atoms with Crippen LogP contribution in [0.25, 0.3) is 11.0 Å². The summed E-state index contributed by atoms with van der Waals surface area (Å²) in [7, 11) is 1.47. The van der Waals surface area contributed by atoms with Crippen molar-refractivity contribution < 1.29 is 31.9 Å². The number of fused-ring (bicyclic) bond motifs is 1. The third-order valence-corrected chi connectivity index (χ3v) is 4.10. The number of carbonyl (C=O) groups excluding carboxylic acids is 1. The predicted molar refractivity (Wildman–Crippen MR) is 104 cm³/mol. The molecule has 2 aromatic rings. The van der Waals surface area contributed by atoms with E-state index in [0.717, 1.165) is 6.29 Å². The molecule has 8 heteroatoms. The Kier molecular flexibility index (Phi) is 11.1. The van der Waals surface area contributed by atoms with Gasteiger partial charge in [-0.25, -0.2) is 4.79 Å².